The van der Waals surface area contributed by atoms with Crippen molar-refractivity contribution in [1.82, 2.24) is 4.31 Å². The maximum Gasteiger partial charge on any atom is 0.243 e. The second-order valence-electron chi connectivity index (χ2n) is 5.58. The summed E-state index contributed by atoms with van der Waals surface area (Å²) in [6.07, 6.45) is 2.33. The van der Waals surface area contributed by atoms with Crippen molar-refractivity contribution in [3.05, 3.63) is 41.5 Å². The lowest BCUT2D eigenvalue weighted by molar-refractivity contribution is -0.117. The van der Waals surface area contributed by atoms with Crippen molar-refractivity contribution < 1.29 is 13.2 Å². The number of allylic oxidation sites excluding steroid dienone is 1. The number of nitrogens with zero attached hydrogens (tertiary/aromatic N) is 1. The number of carbonyl (C=O) groups is 1. The fraction of sp³-hybridized carbons (Fsp3) is 0.438. The quantitative estimate of drug-likeness (QED) is 0.803. The topological polar surface area (TPSA) is 54.5 Å². The Bertz CT molecular complexity index is 659. The number of hydrogen-bond acceptors (Lipinski definition) is 3. The van der Waals surface area contributed by atoms with Crippen LogP contribution in [0.1, 0.15) is 25.8 Å². The van der Waals surface area contributed by atoms with Gasteiger partial charge in [0.25, 0.3) is 0 Å². The Labute approximate surface area is 126 Å². The summed E-state index contributed by atoms with van der Waals surface area (Å²) in [5.74, 6) is 0.0988. The van der Waals surface area contributed by atoms with Crippen LogP contribution in [0.4, 0.5) is 0 Å². The minimum absolute atomic E-state index is 0.00715. The maximum absolute atomic E-state index is 12.7. The van der Waals surface area contributed by atoms with Gasteiger partial charge in [-0.25, -0.2) is 8.42 Å². The van der Waals surface area contributed by atoms with Crippen LogP contribution in [-0.4, -0.2) is 31.6 Å². The van der Waals surface area contributed by atoms with Gasteiger partial charge in [0.15, 0.2) is 0 Å². The zero-order valence-electron chi connectivity index (χ0n) is 12.7. The zero-order chi connectivity index (χ0) is 15.6. The van der Waals surface area contributed by atoms with Crippen LogP contribution in [0, 0.1) is 12.8 Å². The molecule has 114 valence electrons. The van der Waals surface area contributed by atoms with E-state index in [1.807, 2.05) is 19.9 Å². The van der Waals surface area contributed by atoms with Crippen LogP contribution in [-0.2, 0) is 14.8 Å². The van der Waals surface area contributed by atoms with E-state index < -0.39 is 10.0 Å². The van der Waals surface area contributed by atoms with E-state index in [-0.39, 0.29) is 11.7 Å². The molecule has 1 aromatic carbocycles. The molecule has 1 fully saturated rings. The van der Waals surface area contributed by atoms with Crippen molar-refractivity contribution in [2.75, 3.05) is 13.1 Å². The first-order valence-electron chi connectivity index (χ1n) is 7.06. The van der Waals surface area contributed by atoms with E-state index in [0.29, 0.717) is 24.4 Å². The Morgan fingerprint density at radius 1 is 1.33 bits per heavy atom. The van der Waals surface area contributed by atoms with Gasteiger partial charge in [0.2, 0.25) is 10.0 Å². The average Bonchev–Trinajstić information content (AvgIpc) is 2.82. The number of aryl methyl sites for hydroxylation is 1. The summed E-state index contributed by atoms with van der Waals surface area (Å²) < 4.78 is 26.8. The zero-order valence-corrected chi connectivity index (χ0v) is 13.5. The standard InChI is InChI=1S/C16H21NO3S/c1-4-14-10-17(11-15(14)9-13(3)18)21(19,20)16-7-5-12(2)6-8-16/h4-8,15H,9-11H2,1-3H3/b14-4+. The van der Waals surface area contributed by atoms with E-state index in [9.17, 15) is 13.2 Å². The fourth-order valence-electron chi connectivity index (χ4n) is 2.67. The summed E-state index contributed by atoms with van der Waals surface area (Å²) in [5, 5.41) is 0. The number of benzene rings is 1. The number of hydrogen-bond donors (Lipinski definition) is 0. The van der Waals surface area contributed by atoms with Crippen LogP contribution in [0.3, 0.4) is 0 Å². The molecule has 0 amide bonds. The van der Waals surface area contributed by atoms with Crippen LogP contribution in [0.15, 0.2) is 40.8 Å². The number of rotatable bonds is 4. The molecule has 21 heavy (non-hydrogen) atoms. The molecule has 0 aliphatic carbocycles. The molecule has 4 nitrogen and oxygen atoms in total. The molecule has 0 N–H and O–H groups in total. The van der Waals surface area contributed by atoms with Crippen molar-refractivity contribution in [3.63, 3.8) is 0 Å². The second-order valence-corrected chi connectivity index (χ2v) is 7.52. The Morgan fingerprint density at radius 2 is 1.95 bits per heavy atom. The predicted octanol–water partition coefficient (Wildman–Crippen LogP) is 2.54. The Balaban J connectivity index is 2.26. The summed E-state index contributed by atoms with van der Waals surface area (Å²) in [6, 6.07) is 6.87. The Kier molecular flexibility index (Phi) is 4.64. The van der Waals surface area contributed by atoms with E-state index in [1.165, 1.54) is 4.31 Å². The molecule has 0 saturated carbocycles. The van der Waals surface area contributed by atoms with Crippen LogP contribution in [0.2, 0.25) is 0 Å². The van der Waals surface area contributed by atoms with Crippen molar-refractivity contribution in [2.45, 2.75) is 32.1 Å². The van der Waals surface area contributed by atoms with Crippen LogP contribution >= 0.6 is 0 Å². The summed E-state index contributed by atoms with van der Waals surface area (Å²) in [5.41, 5.74) is 2.06. The molecule has 1 atom stereocenters. The average molecular weight is 307 g/mol. The minimum Gasteiger partial charge on any atom is -0.300 e. The number of carbonyl (C=O) groups excluding carboxylic acids is 1. The van der Waals surface area contributed by atoms with Crippen molar-refractivity contribution in [3.8, 4) is 0 Å². The second kappa shape index (κ2) is 6.12. The van der Waals surface area contributed by atoms with E-state index in [2.05, 4.69) is 0 Å². The predicted molar refractivity (Wildman–Crippen MR) is 82.5 cm³/mol. The lowest BCUT2D eigenvalue weighted by atomic mass is 9.97. The molecular weight excluding hydrogens is 286 g/mol. The van der Waals surface area contributed by atoms with E-state index >= 15 is 0 Å². The molecule has 0 radical (unpaired) electrons. The van der Waals surface area contributed by atoms with Gasteiger partial charge in [-0.2, -0.15) is 4.31 Å². The number of ketones is 1. The highest BCUT2D eigenvalue weighted by atomic mass is 32.2. The molecule has 0 aromatic heterocycles. The highest BCUT2D eigenvalue weighted by Crippen LogP contribution is 2.30. The van der Waals surface area contributed by atoms with Gasteiger partial charge >= 0.3 is 0 Å². The highest BCUT2D eigenvalue weighted by Gasteiger charge is 2.35. The Hall–Kier alpha value is -1.46. The molecule has 1 heterocycles. The molecule has 1 aromatic rings. The third kappa shape index (κ3) is 3.41. The number of sulfonamides is 1. The molecule has 1 aliphatic heterocycles. The molecule has 1 saturated heterocycles. The molecule has 1 aliphatic rings. The monoisotopic (exact) mass is 307 g/mol. The van der Waals surface area contributed by atoms with Crippen LogP contribution < -0.4 is 0 Å². The summed E-state index contributed by atoms with van der Waals surface area (Å²) >= 11 is 0. The van der Waals surface area contributed by atoms with Crippen molar-refractivity contribution in [1.29, 1.82) is 0 Å². The first kappa shape index (κ1) is 15.9. The molecule has 0 spiro atoms. The minimum atomic E-state index is -3.49. The van der Waals surface area contributed by atoms with Crippen LogP contribution in [0.5, 0.6) is 0 Å². The van der Waals surface area contributed by atoms with E-state index in [4.69, 9.17) is 0 Å². The van der Waals surface area contributed by atoms with Gasteiger partial charge < -0.3 is 4.79 Å². The van der Waals surface area contributed by atoms with Gasteiger partial charge in [-0.1, -0.05) is 29.3 Å². The van der Waals surface area contributed by atoms with Gasteiger partial charge in [0, 0.05) is 25.4 Å². The van der Waals surface area contributed by atoms with Gasteiger partial charge in [0.05, 0.1) is 4.90 Å². The molecule has 2 rings (SSSR count). The third-order valence-corrected chi connectivity index (χ3v) is 5.70. The molecule has 1 unspecified atom stereocenters. The van der Waals surface area contributed by atoms with Gasteiger partial charge in [-0.15, -0.1) is 0 Å². The van der Waals surface area contributed by atoms with E-state index in [0.717, 1.165) is 11.1 Å². The van der Waals surface area contributed by atoms with Crippen molar-refractivity contribution >= 4 is 15.8 Å². The highest BCUT2D eigenvalue weighted by molar-refractivity contribution is 7.89. The summed E-state index contributed by atoms with van der Waals surface area (Å²) in [7, 11) is -3.49. The lowest BCUT2D eigenvalue weighted by Crippen LogP contribution is -2.29. The normalized spacial score (nSPS) is 21.9. The lowest BCUT2D eigenvalue weighted by Gasteiger charge is -2.16. The van der Waals surface area contributed by atoms with Gasteiger partial charge in [-0.3, -0.25) is 0 Å². The summed E-state index contributed by atoms with van der Waals surface area (Å²) in [4.78, 5) is 11.6. The Morgan fingerprint density at radius 3 is 2.48 bits per heavy atom. The SMILES string of the molecule is C/C=C1\CN(S(=O)(=O)c2ccc(C)cc2)CC1CC(C)=O. The summed E-state index contributed by atoms with van der Waals surface area (Å²) in [6.45, 7) is 6.13. The largest absolute Gasteiger partial charge is 0.300 e. The van der Waals surface area contributed by atoms with Gasteiger partial charge in [-0.05, 0) is 32.9 Å². The van der Waals surface area contributed by atoms with Gasteiger partial charge in [0.1, 0.15) is 5.78 Å². The maximum atomic E-state index is 12.7. The number of Topliss-reactive ketones (excluding diaryl/α,β-unsaturated/α-hetero) is 1. The first-order chi connectivity index (χ1) is 9.84. The molecule has 0 bridgehead atoms. The molecule has 5 heteroatoms. The first-order valence-corrected chi connectivity index (χ1v) is 8.50. The molecular formula is C16H21NO3S. The fourth-order valence-corrected chi connectivity index (χ4v) is 4.15. The van der Waals surface area contributed by atoms with Crippen molar-refractivity contribution in [2.24, 2.45) is 5.92 Å². The van der Waals surface area contributed by atoms with Crippen LogP contribution in [0.25, 0.3) is 0 Å². The third-order valence-electron chi connectivity index (χ3n) is 3.87. The smallest absolute Gasteiger partial charge is 0.243 e. The van der Waals surface area contributed by atoms with E-state index in [1.54, 1.807) is 31.2 Å².